The molecule has 2 aromatic rings. The van der Waals surface area contributed by atoms with E-state index >= 15 is 0 Å². The van der Waals surface area contributed by atoms with Gasteiger partial charge in [0.15, 0.2) is 0 Å². The van der Waals surface area contributed by atoms with Crippen LogP contribution in [0.2, 0.25) is 5.02 Å². The number of nitrogens with one attached hydrogen (secondary N) is 1. The first-order valence-corrected chi connectivity index (χ1v) is 9.72. The van der Waals surface area contributed by atoms with E-state index in [4.69, 9.17) is 21.1 Å². The topological polar surface area (TPSA) is 84.9 Å². The highest BCUT2D eigenvalue weighted by molar-refractivity contribution is 7.92. The van der Waals surface area contributed by atoms with Crippen molar-refractivity contribution in [3.8, 4) is 11.5 Å². The third-order valence-corrected chi connectivity index (χ3v) is 4.83. The Kier molecular flexibility index (Phi) is 6.33. The fraction of sp³-hybridized carbons (Fsp3) is 0.235. The van der Waals surface area contributed by atoms with E-state index in [2.05, 4.69) is 5.32 Å². The predicted molar refractivity (Wildman–Crippen MR) is 102 cm³/mol. The summed E-state index contributed by atoms with van der Waals surface area (Å²) in [6.07, 6.45) is 1.01. The first-order chi connectivity index (χ1) is 12.2. The normalized spacial score (nSPS) is 10.9. The van der Waals surface area contributed by atoms with Gasteiger partial charge in [-0.1, -0.05) is 11.6 Å². The molecule has 0 aromatic heterocycles. The van der Waals surface area contributed by atoms with Crippen molar-refractivity contribution in [1.82, 2.24) is 0 Å². The molecule has 0 bridgehead atoms. The van der Waals surface area contributed by atoms with Gasteiger partial charge in [-0.2, -0.15) is 0 Å². The minimum absolute atomic E-state index is 0.187. The highest BCUT2D eigenvalue weighted by Gasteiger charge is 2.24. The summed E-state index contributed by atoms with van der Waals surface area (Å²) in [5, 5.41) is 2.97. The highest BCUT2D eigenvalue weighted by atomic mass is 35.5. The van der Waals surface area contributed by atoms with Gasteiger partial charge >= 0.3 is 0 Å². The minimum atomic E-state index is -3.75. The Hall–Kier alpha value is -2.45. The van der Waals surface area contributed by atoms with Gasteiger partial charge in [-0.25, -0.2) is 8.42 Å². The zero-order chi connectivity index (χ0) is 19.3. The number of carbonyl (C=O) groups excluding carboxylic acids is 1. The van der Waals surface area contributed by atoms with Crippen LogP contribution in [0.25, 0.3) is 0 Å². The Balaban J connectivity index is 2.26. The molecule has 7 nitrogen and oxygen atoms in total. The maximum Gasteiger partial charge on any atom is 0.245 e. The van der Waals surface area contributed by atoms with Crippen LogP contribution in [0, 0.1) is 0 Å². The summed E-state index contributed by atoms with van der Waals surface area (Å²) in [7, 11) is -0.806. The number of anilines is 2. The molecule has 0 aliphatic heterocycles. The van der Waals surface area contributed by atoms with E-state index in [9.17, 15) is 13.2 Å². The number of halogens is 1. The number of methoxy groups -OCH3 is 2. The molecule has 2 rings (SSSR count). The predicted octanol–water partition coefficient (Wildman–Crippen LogP) is 2.76. The molecule has 0 heterocycles. The molecular weight excluding hydrogens is 380 g/mol. The Morgan fingerprint density at radius 3 is 2.31 bits per heavy atom. The van der Waals surface area contributed by atoms with Crippen LogP contribution in [0.3, 0.4) is 0 Å². The Morgan fingerprint density at radius 1 is 1.12 bits per heavy atom. The van der Waals surface area contributed by atoms with Gasteiger partial charge in [0.1, 0.15) is 18.0 Å². The molecule has 26 heavy (non-hydrogen) atoms. The lowest BCUT2D eigenvalue weighted by atomic mass is 10.3. The number of nitrogens with zero attached hydrogens (tertiary/aromatic N) is 1. The van der Waals surface area contributed by atoms with Gasteiger partial charge in [0.05, 0.1) is 26.2 Å². The molecule has 0 radical (unpaired) electrons. The monoisotopic (exact) mass is 398 g/mol. The van der Waals surface area contributed by atoms with E-state index in [0.717, 1.165) is 10.6 Å². The fourth-order valence-corrected chi connectivity index (χ4v) is 3.26. The summed E-state index contributed by atoms with van der Waals surface area (Å²) >= 11 is 5.97. The van der Waals surface area contributed by atoms with Crippen molar-refractivity contribution in [3.63, 3.8) is 0 Å². The third-order valence-electron chi connectivity index (χ3n) is 3.47. The molecule has 2 aromatic carbocycles. The molecule has 0 atom stereocenters. The quantitative estimate of drug-likeness (QED) is 0.775. The van der Waals surface area contributed by atoms with E-state index < -0.39 is 22.5 Å². The second kappa shape index (κ2) is 8.29. The number of carbonyl (C=O) groups is 1. The molecular formula is C17H19ClN2O5S. The van der Waals surface area contributed by atoms with Crippen LogP contribution in [0.4, 0.5) is 11.4 Å². The van der Waals surface area contributed by atoms with Crippen molar-refractivity contribution >= 4 is 38.9 Å². The van der Waals surface area contributed by atoms with Crippen molar-refractivity contribution in [2.75, 3.05) is 36.6 Å². The molecule has 0 fully saturated rings. The van der Waals surface area contributed by atoms with E-state index in [1.54, 1.807) is 30.3 Å². The van der Waals surface area contributed by atoms with Gasteiger partial charge in [-0.05, 0) is 42.5 Å². The van der Waals surface area contributed by atoms with E-state index in [1.807, 2.05) is 0 Å². The lowest BCUT2D eigenvalue weighted by molar-refractivity contribution is -0.114. The van der Waals surface area contributed by atoms with Crippen LogP contribution in [0.15, 0.2) is 42.5 Å². The molecule has 1 N–H and O–H groups in total. The molecule has 0 unspecified atom stereocenters. The second-order valence-corrected chi connectivity index (χ2v) is 7.71. The minimum Gasteiger partial charge on any atom is -0.497 e. The van der Waals surface area contributed by atoms with Gasteiger partial charge in [-0.3, -0.25) is 9.10 Å². The molecule has 0 saturated carbocycles. The van der Waals surface area contributed by atoms with Gasteiger partial charge in [0.2, 0.25) is 15.9 Å². The summed E-state index contributed by atoms with van der Waals surface area (Å²) in [5.41, 5.74) is 0.703. The van der Waals surface area contributed by atoms with Crippen LogP contribution in [0.1, 0.15) is 0 Å². The summed E-state index contributed by atoms with van der Waals surface area (Å²) < 4.78 is 35.6. The number of benzene rings is 2. The molecule has 0 aliphatic carbocycles. The van der Waals surface area contributed by atoms with Crippen LogP contribution < -0.4 is 19.1 Å². The largest absolute Gasteiger partial charge is 0.497 e. The first-order valence-electron chi connectivity index (χ1n) is 7.49. The van der Waals surface area contributed by atoms with E-state index in [0.29, 0.717) is 16.5 Å². The SMILES string of the molecule is COc1ccc(NC(=O)CN(c2cc(Cl)ccc2OC)S(C)(=O)=O)cc1. The standard InChI is InChI=1S/C17H19ClN2O5S/c1-24-14-7-5-13(6-8-14)19-17(21)11-20(26(3,22)23)15-10-12(18)4-9-16(15)25-2/h4-10H,11H2,1-3H3,(H,19,21). The highest BCUT2D eigenvalue weighted by Crippen LogP contribution is 2.32. The number of rotatable bonds is 7. The number of hydrogen-bond donors (Lipinski definition) is 1. The Bertz CT molecular complexity index is 885. The van der Waals surface area contributed by atoms with Gasteiger partial charge in [0.25, 0.3) is 0 Å². The number of ether oxygens (including phenoxy) is 2. The van der Waals surface area contributed by atoms with Crippen molar-refractivity contribution in [2.24, 2.45) is 0 Å². The molecule has 0 aliphatic rings. The number of hydrogen-bond acceptors (Lipinski definition) is 5. The van der Waals surface area contributed by atoms with Crippen molar-refractivity contribution in [3.05, 3.63) is 47.5 Å². The summed E-state index contributed by atoms with van der Waals surface area (Å²) in [6, 6.07) is 11.2. The Labute approximate surface area is 157 Å². The molecule has 1 amide bonds. The average molecular weight is 399 g/mol. The smallest absolute Gasteiger partial charge is 0.245 e. The van der Waals surface area contributed by atoms with Gasteiger partial charge < -0.3 is 14.8 Å². The first kappa shape index (κ1) is 19.9. The second-order valence-electron chi connectivity index (χ2n) is 5.36. The van der Waals surface area contributed by atoms with Crippen molar-refractivity contribution in [1.29, 1.82) is 0 Å². The number of amides is 1. The lowest BCUT2D eigenvalue weighted by Gasteiger charge is -2.24. The van der Waals surface area contributed by atoms with Crippen LogP contribution >= 0.6 is 11.6 Å². The average Bonchev–Trinajstić information content (AvgIpc) is 2.59. The summed E-state index contributed by atoms with van der Waals surface area (Å²) in [5.74, 6) is 0.420. The van der Waals surface area contributed by atoms with Crippen LogP contribution in [0.5, 0.6) is 11.5 Å². The van der Waals surface area contributed by atoms with Gasteiger partial charge in [-0.15, -0.1) is 0 Å². The molecule has 9 heteroatoms. The molecule has 0 saturated heterocycles. The van der Waals surface area contributed by atoms with Gasteiger partial charge in [0, 0.05) is 10.7 Å². The van der Waals surface area contributed by atoms with Crippen molar-refractivity contribution in [2.45, 2.75) is 0 Å². The lowest BCUT2D eigenvalue weighted by Crippen LogP contribution is -2.37. The van der Waals surface area contributed by atoms with E-state index in [1.165, 1.54) is 26.4 Å². The van der Waals surface area contributed by atoms with Crippen LogP contribution in [-0.2, 0) is 14.8 Å². The fourth-order valence-electron chi connectivity index (χ4n) is 2.24. The zero-order valence-electron chi connectivity index (χ0n) is 14.5. The summed E-state index contributed by atoms with van der Waals surface area (Å²) in [6.45, 7) is -0.429. The maximum atomic E-state index is 12.4. The molecule has 0 spiro atoms. The van der Waals surface area contributed by atoms with Crippen LogP contribution in [-0.4, -0.2) is 41.3 Å². The number of sulfonamides is 1. The third kappa shape index (κ3) is 5.03. The summed E-state index contributed by atoms with van der Waals surface area (Å²) in [4.78, 5) is 12.4. The maximum absolute atomic E-state index is 12.4. The molecule has 140 valence electrons. The zero-order valence-corrected chi connectivity index (χ0v) is 16.1. The van der Waals surface area contributed by atoms with E-state index in [-0.39, 0.29) is 11.4 Å². The Morgan fingerprint density at radius 2 is 1.77 bits per heavy atom. The van der Waals surface area contributed by atoms with Crippen molar-refractivity contribution < 1.29 is 22.7 Å².